The number of halogens is 1. The van der Waals surface area contributed by atoms with Crippen LogP contribution in [0.3, 0.4) is 0 Å². The van der Waals surface area contributed by atoms with E-state index in [9.17, 15) is 27.2 Å². The van der Waals surface area contributed by atoms with Crippen molar-refractivity contribution in [3.05, 3.63) is 46.9 Å². The Morgan fingerprint density at radius 1 is 1.24 bits per heavy atom. The Labute approximate surface area is 193 Å². The maximum absolute atomic E-state index is 14.6. The summed E-state index contributed by atoms with van der Waals surface area (Å²) in [6.45, 7) is 2.77. The van der Waals surface area contributed by atoms with Gasteiger partial charge in [0, 0.05) is 13.2 Å². The molecule has 2 aromatic rings. The molecule has 0 bridgehead atoms. The lowest BCUT2D eigenvalue weighted by Crippen LogP contribution is -2.38. The largest absolute Gasteiger partial charge is 0.491 e. The fraction of sp³-hybridized carbons (Fsp3) is 0.333. The Balaban J connectivity index is 2.16. The first-order chi connectivity index (χ1) is 16.6. The summed E-state index contributed by atoms with van der Waals surface area (Å²) in [5, 5.41) is 2.36. The van der Waals surface area contributed by atoms with Crippen molar-refractivity contribution in [1.29, 1.82) is 0 Å². The molecule has 1 atom stereocenters. The molecule has 0 saturated carbocycles. The zero-order valence-corrected chi connectivity index (χ0v) is 18.7. The van der Waals surface area contributed by atoms with Crippen molar-refractivity contribution in [3.8, 4) is 11.6 Å². The summed E-state index contributed by atoms with van der Waals surface area (Å²) >= 11 is 0. The van der Waals surface area contributed by atoms with E-state index < -0.39 is 63.3 Å². The van der Waals surface area contributed by atoms with Gasteiger partial charge in [0.05, 0.1) is 52.1 Å². The van der Waals surface area contributed by atoms with E-state index in [0.29, 0.717) is 4.90 Å². The van der Waals surface area contributed by atoms with Gasteiger partial charge in [-0.3, -0.25) is 19.3 Å². The van der Waals surface area contributed by atoms with Crippen LogP contribution < -0.4 is 14.8 Å². The fourth-order valence-corrected chi connectivity index (χ4v) is 4.34. The minimum atomic E-state index is -3.86. The first kappa shape index (κ1) is 20.1. The Kier molecular flexibility index (Phi) is 5.56. The standard InChI is InChI=1S/C21H22FN3O7S/c1-5-32-19-16(31-3)9-8-13(24-19)15(10-33(4,29)30)25-20(27)17-12(22)6-7-14(23-11(2)26)18(17)21(25)28/h6-9,15H,5,10H2,1-4H3,(H,23,26)/i3D3. The number of imide groups is 1. The summed E-state index contributed by atoms with van der Waals surface area (Å²) in [4.78, 5) is 42.8. The molecule has 0 fully saturated rings. The molecule has 1 aromatic carbocycles. The summed E-state index contributed by atoms with van der Waals surface area (Å²) in [7, 11) is -6.70. The number of hydrogen-bond acceptors (Lipinski definition) is 8. The first-order valence-electron chi connectivity index (χ1n) is 11.1. The summed E-state index contributed by atoms with van der Waals surface area (Å²) in [6, 6.07) is 2.79. The van der Waals surface area contributed by atoms with E-state index >= 15 is 0 Å². The predicted molar refractivity (Wildman–Crippen MR) is 116 cm³/mol. The van der Waals surface area contributed by atoms with Crippen molar-refractivity contribution in [1.82, 2.24) is 9.88 Å². The molecule has 176 valence electrons. The summed E-state index contributed by atoms with van der Waals surface area (Å²) < 4.78 is 71.2. The van der Waals surface area contributed by atoms with Gasteiger partial charge >= 0.3 is 0 Å². The number of carbonyl (C=O) groups is 3. The van der Waals surface area contributed by atoms with Gasteiger partial charge in [-0.15, -0.1) is 0 Å². The van der Waals surface area contributed by atoms with Gasteiger partial charge in [-0.25, -0.2) is 17.8 Å². The van der Waals surface area contributed by atoms with Crippen LogP contribution in [0, 0.1) is 5.82 Å². The topological polar surface area (TPSA) is 132 Å². The van der Waals surface area contributed by atoms with E-state index in [1.54, 1.807) is 6.92 Å². The number of methoxy groups -OCH3 is 1. The molecular formula is C21H22FN3O7S. The Hall–Kier alpha value is -3.54. The quantitative estimate of drug-likeness (QED) is 0.565. The highest BCUT2D eigenvalue weighted by atomic mass is 32.2. The number of rotatable bonds is 8. The molecule has 0 radical (unpaired) electrons. The van der Waals surface area contributed by atoms with Gasteiger partial charge in [-0.2, -0.15) is 0 Å². The van der Waals surface area contributed by atoms with Crippen molar-refractivity contribution in [2.24, 2.45) is 0 Å². The molecule has 0 saturated heterocycles. The van der Waals surface area contributed by atoms with Crippen LogP contribution >= 0.6 is 0 Å². The van der Waals surface area contributed by atoms with Crippen molar-refractivity contribution in [2.45, 2.75) is 19.9 Å². The third kappa shape index (κ3) is 4.80. The van der Waals surface area contributed by atoms with Gasteiger partial charge in [0.2, 0.25) is 5.91 Å². The molecule has 2 heterocycles. The lowest BCUT2D eigenvalue weighted by atomic mass is 10.1. The zero-order chi connectivity index (χ0) is 27.0. The van der Waals surface area contributed by atoms with Crippen LogP contribution in [0.25, 0.3) is 0 Å². The zero-order valence-electron chi connectivity index (χ0n) is 20.8. The highest BCUT2D eigenvalue weighted by Crippen LogP contribution is 2.38. The first-order valence-corrected chi connectivity index (χ1v) is 11.7. The molecule has 1 aromatic heterocycles. The monoisotopic (exact) mass is 482 g/mol. The Bertz CT molecular complexity index is 1350. The third-order valence-electron chi connectivity index (χ3n) is 4.68. The second-order valence-corrected chi connectivity index (χ2v) is 9.37. The minimum Gasteiger partial charge on any atom is -0.491 e. The fourth-order valence-electron chi connectivity index (χ4n) is 3.44. The SMILES string of the molecule is [2H]C([2H])([2H])Oc1ccc(C(CS(C)(=O)=O)N2C(=O)c3c(F)ccc(NC(C)=O)c3C2=O)nc1OCC. The maximum Gasteiger partial charge on any atom is 0.265 e. The Morgan fingerprint density at radius 3 is 2.55 bits per heavy atom. The van der Waals surface area contributed by atoms with Crippen molar-refractivity contribution in [3.63, 3.8) is 0 Å². The molecule has 3 rings (SSSR count). The summed E-state index contributed by atoms with van der Waals surface area (Å²) in [5.74, 6) is -5.17. The molecule has 0 aliphatic carbocycles. The molecular weight excluding hydrogens is 457 g/mol. The number of carbonyl (C=O) groups excluding carboxylic acids is 3. The number of sulfone groups is 1. The van der Waals surface area contributed by atoms with E-state index in [1.807, 2.05) is 0 Å². The van der Waals surface area contributed by atoms with Crippen molar-refractivity contribution in [2.75, 3.05) is 31.0 Å². The van der Waals surface area contributed by atoms with Gasteiger partial charge in [-0.05, 0) is 31.2 Å². The molecule has 0 spiro atoms. The normalized spacial score (nSPS) is 15.9. The van der Waals surface area contributed by atoms with Crippen LogP contribution in [-0.2, 0) is 14.6 Å². The second-order valence-electron chi connectivity index (χ2n) is 7.19. The van der Waals surface area contributed by atoms with Gasteiger partial charge in [-0.1, -0.05) is 0 Å². The molecule has 33 heavy (non-hydrogen) atoms. The number of pyridine rings is 1. The van der Waals surface area contributed by atoms with E-state index in [-0.39, 0.29) is 29.6 Å². The number of aromatic nitrogens is 1. The molecule has 1 N–H and O–H groups in total. The number of fused-ring (bicyclic) bond motifs is 1. The van der Waals surface area contributed by atoms with Gasteiger partial charge in [0.25, 0.3) is 17.7 Å². The number of nitrogens with one attached hydrogen (secondary N) is 1. The average Bonchev–Trinajstić information content (AvgIpc) is 2.99. The minimum absolute atomic E-state index is 0.0306. The lowest BCUT2D eigenvalue weighted by molar-refractivity contribution is -0.114. The average molecular weight is 483 g/mol. The number of ether oxygens (including phenoxy) is 2. The van der Waals surface area contributed by atoms with Crippen molar-refractivity contribution < 1.29 is 40.8 Å². The third-order valence-corrected chi connectivity index (χ3v) is 5.60. The molecule has 10 nitrogen and oxygen atoms in total. The molecule has 1 unspecified atom stereocenters. The Morgan fingerprint density at radius 2 is 1.94 bits per heavy atom. The van der Waals surface area contributed by atoms with Crippen LogP contribution in [-0.4, -0.2) is 61.7 Å². The molecule has 3 amide bonds. The van der Waals surface area contributed by atoms with Gasteiger partial charge < -0.3 is 14.8 Å². The van der Waals surface area contributed by atoms with Crippen LogP contribution in [0.15, 0.2) is 24.3 Å². The number of hydrogen-bond donors (Lipinski definition) is 1. The van der Waals surface area contributed by atoms with Crippen LogP contribution in [0.5, 0.6) is 11.6 Å². The maximum atomic E-state index is 14.6. The van der Waals surface area contributed by atoms with Crippen LogP contribution in [0.2, 0.25) is 0 Å². The van der Waals surface area contributed by atoms with Gasteiger partial charge in [0.1, 0.15) is 15.7 Å². The van der Waals surface area contributed by atoms with E-state index in [4.69, 9.17) is 13.6 Å². The second kappa shape index (κ2) is 9.14. The van der Waals surface area contributed by atoms with E-state index in [0.717, 1.165) is 31.4 Å². The van der Waals surface area contributed by atoms with E-state index in [1.165, 1.54) is 6.07 Å². The van der Waals surface area contributed by atoms with Crippen molar-refractivity contribution >= 4 is 33.2 Å². The predicted octanol–water partition coefficient (Wildman–Crippen LogP) is 1.97. The summed E-state index contributed by atoms with van der Waals surface area (Å²) in [6.07, 6.45) is 0.872. The molecule has 12 heteroatoms. The smallest absolute Gasteiger partial charge is 0.265 e. The lowest BCUT2D eigenvalue weighted by Gasteiger charge is -2.26. The van der Waals surface area contributed by atoms with Gasteiger partial charge in [0.15, 0.2) is 5.75 Å². The van der Waals surface area contributed by atoms with Crippen LogP contribution in [0.1, 0.15) is 50.4 Å². The van der Waals surface area contributed by atoms with Crippen LogP contribution in [0.4, 0.5) is 10.1 Å². The molecule has 1 aliphatic rings. The summed E-state index contributed by atoms with van der Waals surface area (Å²) in [5.41, 5.74) is -1.33. The molecule has 1 aliphatic heterocycles. The number of amides is 3. The number of benzene rings is 1. The number of anilines is 1. The highest BCUT2D eigenvalue weighted by Gasteiger charge is 2.45. The van der Waals surface area contributed by atoms with E-state index in [2.05, 4.69) is 10.3 Å². The highest BCUT2D eigenvalue weighted by molar-refractivity contribution is 7.90. The number of nitrogens with zero attached hydrogens (tertiary/aromatic N) is 2.